The maximum absolute atomic E-state index is 6.18. The van der Waals surface area contributed by atoms with E-state index in [0.29, 0.717) is 6.04 Å². The second kappa shape index (κ2) is 7.30. The molecule has 112 valence electrons. The maximum Gasteiger partial charge on any atom is 0.0426 e. The largest absolute Gasteiger partial charge is 0.373 e. The van der Waals surface area contributed by atoms with Crippen molar-refractivity contribution in [3.8, 4) is 0 Å². The minimum absolute atomic E-state index is 0.658. The van der Waals surface area contributed by atoms with Gasteiger partial charge in [0.2, 0.25) is 0 Å². The van der Waals surface area contributed by atoms with Crippen molar-refractivity contribution in [3.05, 3.63) is 28.8 Å². The average molecular weight is 296 g/mol. The molecule has 1 aliphatic rings. The first-order valence-electron chi connectivity index (χ1n) is 7.52. The maximum atomic E-state index is 6.18. The molecule has 1 fully saturated rings. The molecule has 1 heterocycles. The Morgan fingerprint density at radius 3 is 2.90 bits per heavy atom. The number of nitrogens with one attached hydrogen (secondary N) is 1. The summed E-state index contributed by atoms with van der Waals surface area (Å²) in [6, 6.07) is 6.86. The summed E-state index contributed by atoms with van der Waals surface area (Å²) in [5.41, 5.74) is 2.57. The lowest BCUT2D eigenvalue weighted by molar-refractivity contribution is 0.314. The fraction of sp³-hybridized carbons (Fsp3) is 0.625. The molecule has 4 heteroatoms. The van der Waals surface area contributed by atoms with Crippen LogP contribution >= 0.6 is 11.6 Å². The minimum atomic E-state index is 0.658. The van der Waals surface area contributed by atoms with E-state index in [1.807, 2.05) is 6.07 Å². The van der Waals surface area contributed by atoms with Gasteiger partial charge in [0.1, 0.15) is 0 Å². The molecule has 0 amide bonds. The number of likely N-dealkylation sites (N-methyl/N-ethyl adjacent to an activating group) is 2. The Balaban J connectivity index is 2.10. The summed E-state index contributed by atoms with van der Waals surface area (Å²) in [6.45, 7) is 6.30. The van der Waals surface area contributed by atoms with Crippen LogP contribution in [-0.2, 0) is 6.54 Å². The number of rotatable bonds is 6. The molecular weight excluding hydrogens is 270 g/mol. The first-order valence-corrected chi connectivity index (χ1v) is 7.90. The summed E-state index contributed by atoms with van der Waals surface area (Å²) in [5, 5.41) is 4.21. The Kier molecular flexibility index (Phi) is 5.70. The smallest absolute Gasteiger partial charge is 0.0426 e. The van der Waals surface area contributed by atoms with Crippen LogP contribution in [0.3, 0.4) is 0 Å². The molecule has 1 aliphatic heterocycles. The van der Waals surface area contributed by atoms with E-state index in [4.69, 9.17) is 11.6 Å². The van der Waals surface area contributed by atoms with E-state index in [0.717, 1.165) is 24.7 Å². The molecule has 2 rings (SSSR count). The van der Waals surface area contributed by atoms with Gasteiger partial charge in [0.05, 0.1) is 0 Å². The van der Waals surface area contributed by atoms with Crippen molar-refractivity contribution in [1.29, 1.82) is 0 Å². The molecule has 0 saturated carbocycles. The Bertz CT molecular complexity index is 436. The molecule has 0 spiro atoms. The van der Waals surface area contributed by atoms with E-state index in [-0.39, 0.29) is 0 Å². The lowest BCUT2D eigenvalue weighted by atomic mass is 10.1. The number of halogens is 1. The fourth-order valence-electron chi connectivity index (χ4n) is 2.93. The van der Waals surface area contributed by atoms with Gasteiger partial charge in [-0.05, 0) is 50.7 Å². The van der Waals surface area contributed by atoms with Crippen LogP contribution in [0.2, 0.25) is 5.02 Å². The van der Waals surface area contributed by atoms with Gasteiger partial charge in [0.15, 0.2) is 0 Å². The summed E-state index contributed by atoms with van der Waals surface area (Å²) in [6.07, 6.45) is 2.61. The van der Waals surface area contributed by atoms with Gasteiger partial charge in [-0.1, -0.05) is 24.6 Å². The third-order valence-corrected chi connectivity index (χ3v) is 4.42. The van der Waals surface area contributed by atoms with Gasteiger partial charge in [0.25, 0.3) is 0 Å². The molecule has 0 aromatic heterocycles. The van der Waals surface area contributed by atoms with Crippen LogP contribution in [0, 0.1) is 0 Å². The zero-order chi connectivity index (χ0) is 14.5. The molecule has 1 unspecified atom stereocenters. The van der Waals surface area contributed by atoms with Crippen LogP contribution in [0.5, 0.6) is 0 Å². The van der Waals surface area contributed by atoms with E-state index in [1.54, 1.807) is 0 Å². The summed E-state index contributed by atoms with van der Waals surface area (Å²) in [5.74, 6) is 0. The van der Waals surface area contributed by atoms with Crippen LogP contribution in [0.25, 0.3) is 0 Å². The summed E-state index contributed by atoms with van der Waals surface area (Å²) >= 11 is 6.18. The summed E-state index contributed by atoms with van der Waals surface area (Å²) < 4.78 is 0. The molecule has 1 aromatic carbocycles. The van der Waals surface area contributed by atoms with Gasteiger partial charge in [-0.2, -0.15) is 0 Å². The quantitative estimate of drug-likeness (QED) is 0.870. The standard InChI is InChI=1S/C16H26ClN3/c1-4-18-11-13-7-8-14(17)10-16(13)20(3)12-15-6-5-9-19(15)2/h7-8,10,15,18H,4-6,9,11-12H2,1-3H3. The van der Waals surface area contributed by atoms with E-state index >= 15 is 0 Å². The summed E-state index contributed by atoms with van der Waals surface area (Å²) in [4.78, 5) is 4.82. The van der Waals surface area contributed by atoms with Crippen molar-refractivity contribution < 1.29 is 0 Å². The Labute approximate surface area is 127 Å². The third kappa shape index (κ3) is 3.87. The summed E-state index contributed by atoms with van der Waals surface area (Å²) in [7, 11) is 4.40. The molecule has 1 N–H and O–H groups in total. The lowest BCUT2D eigenvalue weighted by Crippen LogP contribution is -2.37. The number of hydrogen-bond donors (Lipinski definition) is 1. The van der Waals surface area contributed by atoms with Crippen molar-refractivity contribution in [2.24, 2.45) is 0 Å². The van der Waals surface area contributed by atoms with E-state index in [1.165, 1.54) is 30.6 Å². The highest BCUT2D eigenvalue weighted by Gasteiger charge is 2.22. The molecule has 20 heavy (non-hydrogen) atoms. The van der Waals surface area contributed by atoms with E-state index in [2.05, 4.69) is 48.3 Å². The van der Waals surface area contributed by atoms with Crippen LogP contribution in [0.1, 0.15) is 25.3 Å². The van der Waals surface area contributed by atoms with Crippen LogP contribution in [-0.4, -0.2) is 44.7 Å². The average Bonchev–Trinajstić information content (AvgIpc) is 2.83. The first-order chi connectivity index (χ1) is 9.61. The van der Waals surface area contributed by atoms with E-state index in [9.17, 15) is 0 Å². The Morgan fingerprint density at radius 2 is 2.25 bits per heavy atom. The van der Waals surface area contributed by atoms with Crippen molar-refractivity contribution in [3.63, 3.8) is 0 Å². The predicted octanol–water partition coefficient (Wildman–Crippen LogP) is 2.98. The van der Waals surface area contributed by atoms with Crippen molar-refractivity contribution >= 4 is 17.3 Å². The van der Waals surface area contributed by atoms with Gasteiger partial charge < -0.3 is 15.1 Å². The Morgan fingerprint density at radius 1 is 1.45 bits per heavy atom. The normalized spacial score (nSPS) is 19.5. The van der Waals surface area contributed by atoms with Gasteiger partial charge in [-0.25, -0.2) is 0 Å². The van der Waals surface area contributed by atoms with Gasteiger partial charge in [-0.15, -0.1) is 0 Å². The highest BCUT2D eigenvalue weighted by Crippen LogP contribution is 2.26. The molecular formula is C16H26ClN3. The number of hydrogen-bond acceptors (Lipinski definition) is 3. The van der Waals surface area contributed by atoms with Crippen molar-refractivity contribution in [2.75, 3.05) is 38.6 Å². The molecule has 1 aromatic rings. The van der Waals surface area contributed by atoms with E-state index < -0.39 is 0 Å². The van der Waals surface area contributed by atoms with Crippen LogP contribution < -0.4 is 10.2 Å². The van der Waals surface area contributed by atoms with Crippen LogP contribution in [0.4, 0.5) is 5.69 Å². The van der Waals surface area contributed by atoms with Crippen LogP contribution in [0.15, 0.2) is 18.2 Å². The Hall–Kier alpha value is -0.770. The molecule has 1 atom stereocenters. The van der Waals surface area contributed by atoms with Crippen molar-refractivity contribution in [1.82, 2.24) is 10.2 Å². The number of benzene rings is 1. The highest BCUT2D eigenvalue weighted by molar-refractivity contribution is 6.30. The number of likely N-dealkylation sites (tertiary alicyclic amines) is 1. The SMILES string of the molecule is CCNCc1ccc(Cl)cc1N(C)CC1CCCN1C. The van der Waals surface area contributed by atoms with Gasteiger partial charge in [0, 0.05) is 36.9 Å². The molecule has 1 saturated heterocycles. The number of anilines is 1. The monoisotopic (exact) mass is 295 g/mol. The van der Waals surface area contributed by atoms with Gasteiger partial charge in [-0.3, -0.25) is 0 Å². The van der Waals surface area contributed by atoms with Crippen molar-refractivity contribution in [2.45, 2.75) is 32.4 Å². The highest BCUT2D eigenvalue weighted by atomic mass is 35.5. The minimum Gasteiger partial charge on any atom is -0.373 e. The van der Waals surface area contributed by atoms with Gasteiger partial charge >= 0.3 is 0 Å². The molecule has 3 nitrogen and oxygen atoms in total. The molecule has 0 aliphatic carbocycles. The zero-order valence-electron chi connectivity index (χ0n) is 12.8. The molecule has 0 radical (unpaired) electrons. The predicted molar refractivity (Wildman–Crippen MR) is 87.8 cm³/mol. The third-order valence-electron chi connectivity index (χ3n) is 4.18. The number of nitrogens with zero attached hydrogens (tertiary/aromatic N) is 2. The molecule has 0 bridgehead atoms. The second-order valence-corrected chi connectivity index (χ2v) is 6.15. The topological polar surface area (TPSA) is 18.5 Å². The lowest BCUT2D eigenvalue weighted by Gasteiger charge is -2.29. The fourth-order valence-corrected chi connectivity index (χ4v) is 3.09. The second-order valence-electron chi connectivity index (χ2n) is 5.71. The first kappa shape index (κ1) is 15.6. The zero-order valence-corrected chi connectivity index (χ0v) is 13.6.